The minimum Gasteiger partial charge on any atom is -0.389 e. The lowest BCUT2D eigenvalue weighted by atomic mass is 10.1. The van der Waals surface area contributed by atoms with Crippen LogP contribution in [0.4, 0.5) is 0 Å². The largest absolute Gasteiger partial charge is 0.389 e. The molecule has 2 rings (SSSR count). The second kappa shape index (κ2) is 5.41. The SMILES string of the molecule is CC1(C)NC(C)(C)N(CC(O)CN2C(=O)C(C)(C)NC2(C)C)C1=O. The summed E-state index contributed by atoms with van der Waals surface area (Å²) >= 11 is 0. The summed E-state index contributed by atoms with van der Waals surface area (Å²) < 4.78 is 0. The Balaban J connectivity index is 2.10. The number of carbonyl (C=O) groups is 2. The van der Waals surface area contributed by atoms with E-state index >= 15 is 0 Å². The Morgan fingerprint density at radius 2 is 1.08 bits per heavy atom. The zero-order chi connectivity index (χ0) is 18.7. The van der Waals surface area contributed by atoms with E-state index in [0.717, 1.165) is 0 Å². The van der Waals surface area contributed by atoms with Gasteiger partial charge in [0.05, 0.1) is 41.6 Å². The average molecular weight is 340 g/mol. The highest BCUT2D eigenvalue weighted by molar-refractivity contribution is 5.89. The van der Waals surface area contributed by atoms with Crippen LogP contribution in [-0.2, 0) is 9.59 Å². The molecule has 0 bridgehead atoms. The Labute approximate surface area is 144 Å². The van der Waals surface area contributed by atoms with Gasteiger partial charge in [0.1, 0.15) is 0 Å². The third-order valence-electron chi connectivity index (χ3n) is 4.93. The molecule has 0 unspecified atom stereocenters. The molecule has 0 spiro atoms. The van der Waals surface area contributed by atoms with Crippen molar-refractivity contribution in [3.05, 3.63) is 0 Å². The maximum Gasteiger partial charge on any atom is 0.243 e. The molecule has 24 heavy (non-hydrogen) atoms. The number of aliphatic hydroxyl groups excluding tert-OH is 1. The lowest BCUT2D eigenvalue weighted by Gasteiger charge is -2.36. The summed E-state index contributed by atoms with van der Waals surface area (Å²) in [5.74, 6) is -0.0889. The highest BCUT2D eigenvalue weighted by Crippen LogP contribution is 2.30. The highest BCUT2D eigenvalue weighted by atomic mass is 16.3. The molecule has 0 aromatic carbocycles. The summed E-state index contributed by atoms with van der Waals surface area (Å²) in [5, 5.41) is 17.1. The van der Waals surface area contributed by atoms with Crippen molar-refractivity contribution < 1.29 is 14.7 Å². The van der Waals surface area contributed by atoms with Gasteiger partial charge in [0, 0.05) is 0 Å². The van der Waals surface area contributed by atoms with Crippen LogP contribution in [0.15, 0.2) is 0 Å². The zero-order valence-electron chi connectivity index (χ0n) is 16.1. The van der Waals surface area contributed by atoms with Crippen LogP contribution in [0.5, 0.6) is 0 Å². The van der Waals surface area contributed by atoms with Crippen LogP contribution in [0.2, 0.25) is 0 Å². The molecule has 2 aliphatic rings. The van der Waals surface area contributed by atoms with Crippen LogP contribution in [-0.4, -0.2) is 68.3 Å². The Bertz CT molecular complexity index is 506. The number of aliphatic hydroxyl groups is 1. The fourth-order valence-electron chi connectivity index (χ4n) is 4.06. The Hall–Kier alpha value is -1.18. The molecule has 2 heterocycles. The van der Waals surface area contributed by atoms with E-state index < -0.39 is 28.5 Å². The smallest absolute Gasteiger partial charge is 0.243 e. The first kappa shape index (κ1) is 19.1. The second-order valence-corrected chi connectivity index (χ2v) is 9.10. The van der Waals surface area contributed by atoms with E-state index in [9.17, 15) is 14.7 Å². The van der Waals surface area contributed by atoms with Gasteiger partial charge in [0.15, 0.2) is 0 Å². The van der Waals surface area contributed by atoms with Gasteiger partial charge < -0.3 is 14.9 Å². The van der Waals surface area contributed by atoms with Gasteiger partial charge in [-0.3, -0.25) is 20.2 Å². The molecule has 2 aliphatic heterocycles. The number of hydrogen-bond donors (Lipinski definition) is 3. The summed E-state index contributed by atoms with van der Waals surface area (Å²) in [4.78, 5) is 28.5. The van der Waals surface area contributed by atoms with Gasteiger partial charge in [-0.2, -0.15) is 0 Å². The molecule has 0 aromatic rings. The molecule has 3 N–H and O–H groups in total. The molecule has 0 aliphatic carbocycles. The number of amides is 2. The van der Waals surface area contributed by atoms with Crippen molar-refractivity contribution in [1.82, 2.24) is 20.4 Å². The molecule has 138 valence electrons. The fourth-order valence-corrected chi connectivity index (χ4v) is 4.06. The first-order valence-electron chi connectivity index (χ1n) is 8.51. The van der Waals surface area contributed by atoms with Gasteiger partial charge in [-0.1, -0.05) is 0 Å². The standard InChI is InChI=1S/C17H32N4O3/c1-14(2)12(23)20(16(5,6)18-14)9-11(22)10-21-13(24)15(3,4)19-17(21,7)8/h11,18-19,22H,9-10H2,1-8H3. The van der Waals surface area contributed by atoms with E-state index in [2.05, 4.69) is 10.6 Å². The quantitative estimate of drug-likeness (QED) is 0.683. The van der Waals surface area contributed by atoms with Gasteiger partial charge in [0.25, 0.3) is 0 Å². The summed E-state index contributed by atoms with van der Waals surface area (Å²) in [7, 11) is 0. The van der Waals surface area contributed by atoms with Gasteiger partial charge in [-0.15, -0.1) is 0 Å². The monoisotopic (exact) mass is 340 g/mol. The van der Waals surface area contributed by atoms with E-state index in [0.29, 0.717) is 0 Å². The van der Waals surface area contributed by atoms with E-state index in [-0.39, 0.29) is 24.9 Å². The van der Waals surface area contributed by atoms with Gasteiger partial charge >= 0.3 is 0 Å². The molecule has 7 heteroatoms. The first-order chi connectivity index (χ1) is 10.6. The van der Waals surface area contributed by atoms with Crippen molar-refractivity contribution >= 4 is 11.8 Å². The van der Waals surface area contributed by atoms with Crippen LogP contribution < -0.4 is 10.6 Å². The molecular weight excluding hydrogens is 308 g/mol. The fraction of sp³-hybridized carbons (Fsp3) is 0.882. The van der Waals surface area contributed by atoms with Gasteiger partial charge in [-0.25, -0.2) is 0 Å². The molecule has 0 aromatic heterocycles. The highest BCUT2D eigenvalue weighted by Gasteiger charge is 2.52. The van der Waals surface area contributed by atoms with E-state index in [1.54, 1.807) is 9.80 Å². The number of carbonyl (C=O) groups excluding carboxylic acids is 2. The van der Waals surface area contributed by atoms with E-state index in [4.69, 9.17) is 0 Å². The molecular formula is C17H32N4O3. The normalized spacial score (nSPS) is 27.4. The van der Waals surface area contributed by atoms with Crippen LogP contribution in [0.3, 0.4) is 0 Å². The maximum atomic E-state index is 12.6. The van der Waals surface area contributed by atoms with Crippen molar-refractivity contribution in [3.8, 4) is 0 Å². The third kappa shape index (κ3) is 3.17. The zero-order valence-corrected chi connectivity index (χ0v) is 16.1. The van der Waals surface area contributed by atoms with Crippen molar-refractivity contribution in [2.24, 2.45) is 0 Å². The first-order valence-corrected chi connectivity index (χ1v) is 8.51. The van der Waals surface area contributed by atoms with Crippen LogP contribution in [0, 0.1) is 0 Å². The second-order valence-electron chi connectivity index (χ2n) is 9.10. The summed E-state index contributed by atoms with van der Waals surface area (Å²) in [6.07, 6.45) is -0.817. The average Bonchev–Trinajstić information content (AvgIpc) is 2.61. The van der Waals surface area contributed by atoms with Crippen molar-refractivity contribution in [2.45, 2.75) is 83.9 Å². The Morgan fingerprint density at radius 1 is 0.792 bits per heavy atom. The summed E-state index contributed by atoms with van der Waals surface area (Å²) in [5.41, 5.74) is -2.39. The summed E-state index contributed by atoms with van der Waals surface area (Å²) in [6, 6.07) is 0. The minimum atomic E-state index is -0.817. The molecule has 2 fully saturated rings. The topological polar surface area (TPSA) is 84.9 Å². The van der Waals surface area contributed by atoms with Crippen LogP contribution in [0.1, 0.15) is 55.4 Å². The van der Waals surface area contributed by atoms with Crippen molar-refractivity contribution in [3.63, 3.8) is 0 Å². The minimum absolute atomic E-state index is 0.0444. The lowest BCUT2D eigenvalue weighted by molar-refractivity contribution is -0.137. The number of β-amino-alcohol motifs (C(OH)–C–C–N with tert-alkyl or cyclic N) is 1. The lowest BCUT2D eigenvalue weighted by Crippen LogP contribution is -2.54. The molecule has 0 atom stereocenters. The molecule has 0 radical (unpaired) electrons. The molecule has 2 amide bonds. The molecule has 7 nitrogen and oxygen atoms in total. The number of nitrogens with one attached hydrogen (secondary N) is 2. The van der Waals surface area contributed by atoms with Gasteiger partial charge in [-0.05, 0) is 55.4 Å². The van der Waals surface area contributed by atoms with E-state index in [1.165, 1.54) is 0 Å². The van der Waals surface area contributed by atoms with Crippen molar-refractivity contribution in [1.29, 1.82) is 0 Å². The third-order valence-corrected chi connectivity index (χ3v) is 4.93. The molecule has 0 saturated carbocycles. The maximum absolute atomic E-state index is 12.6. The van der Waals surface area contributed by atoms with E-state index in [1.807, 2.05) is 55.4 Å². The Kier molecular flexibility index (Phi) is 4.31. The summed E-state index contributed by atoms with van der Waals surface area (Å²) in [6.45, 7) is 15.4. The number of rotatable bonds is 4. The predicted octanol–water partition coefficient (Wildman–Crippen LogP) is 0.240. The number of nitrogens with zero attached hydrogens (tertiary/aromatic N) is 2. The molecule has 2 saturated heterocycles. The predicted molar refractivity (Wildman–Crippen MR) is 92.0 cm³/mol. The number of hydrogen-bond acceptors (Lipinski definition) is 5. The van der Waals surface area contributed by atoms with Gasteiger partial charge in [0.2, 0.25) is 11.8 Å². The van der Waals surface area contributed by atoms with Crippen molar-refractivity contribution in [2.75, 3.05) is 13.1 Å². The van der Waals surface area contributed by atoms with Crippen LogP contribution in [0.25, 0.3) is 0 Å². The Morgan fingerprint density at radius 3 is 1.29 bits per heavy atom. The van der Waals surface area contributed by atoms with Crippen LogP contribution >= 0.6 is 0 Å².